The van der Waals surface area contributed by atoms with Crippen molar-refractivity contribution in [2.24, 2.45) is 5.18 Å². The summed E-state index contributed by atoms with van der Waals surface area (Å²) in [6, 6.07) is 10.2. The fourth-order valence-electron chi connectivity index (χ4n) is 3.41. The van der Waals surface area contributed by atoms with E-state index in [2.05, 4.69) is 5.18 Å². The molecule has 0 fully saturated rings. The van der Waals surface area contributed by atoms with Crippen molar-refractivity contribution in [2.45, 2.75) is 6.92 Å². The van der Waals surface area contributed by atoms with E-state index in [0.29, 0.717) is 44.8 Å². The molecule has 0 atom stereocenters. The second kappa shape index (κ2) is 5.24. The molecule has 0 heterocycles. The van der Waals surface area contributed by atoms with E-state index in [1.165, 1.54) is 13.0 Å². The average Bonchev–Trinajstić information content (AvgIpc) is 2.61. The zero-order chi connectivity index (χ0) is 17.7. The summed E-state index contributed by atoms with van der Waals surface area (Å²) in [6.07, 6.45) is 0.709. The standard InChI is InChI=1S/C19H12N2O4/c1-9(23)25-17-6-10(8-22)11-2-3-12-15(20)7-16(21-24)13-4-5-14(17)18(11)19(12)13/h2-8H,20H2,1H3. The van der Waals surface area contributed by atoms with Crippen LogP contribution in [0.2, 0.25) is 0 Å². The molecule has 0 aliphatic rings. The van der Waals surface area contributed by atoms with Gasteiger partial charge in [-0.05, 0) is 28.8 Å². The molecule has 0 unspecified atom stereocenters. The summed E-state index contributed by atoms with van der Waals surface area (Å²) < 4.78 is 5.29. The molecule has 0 saturated heterocycles. The molecule has 4 aromatic carbocycles. The van der Waals surface area contributed by atoms with Gasteiger partial charge in [0.15, 0.2) is 6.29 Å². The number of aldehydes is 1. The number of hydrogen-bond donors (Lipinski definition) is 1. The minimum atomic E-state index is -0.485. The third-order valence-electron chi connectivity index (χ3n) is 4.38. The van der Waals surface area contributed by atoms with Gasteiger partial charge < -0.3 is 10.5 Å². The summed E-state index contributed by atoms with van der Waals surface area (Å²) in [4.78, 5) is 34.2. The molecule has 4 aromatic rings. The van der Waals surface area contributed by atoms with Crippen LogP contribution in [0.5, 0.6) is 5.75 Å². The van der Waals surface area contributed by atoms with E-state index in [1.807, 2.05) is 6.07 Å². The maximum Gasteiger partial charge on any atom is 0.308 e. The second-order valence-corrected chi connectivity index (χ2v) is 5.82. The van der Waals surface area contributed by atoms with Crippen LogP contribution in [0.4, 0.5) is 11.4 Å². The monoisotopic (exact) mass is 332 g/mol. The van der Waals surface area contributed by atoms with Crippen molar-refractivity contribution in [3.63, 3.8) is 0 Å². The predicted molar refractivity (Wildman–Crippen MR) is 96.7 cm³/mol. The smallest absolute Gasteiger partial charge is 0.308 e. The Bertz CT molecular complexity index is 1200. The van der Waals surface area contributed by atoms with Gasteiger partial charge in [-0.1, -0.05) is 18.2 Å². The molecule has 6 nitrogen and oxygen atoms in total. The summed E-state index contributed by atoms with van der Waals surface area (Å²) >= 11 is 0. The number of hydrogen-bond acceptors (Lipinski definition) is 6. The zero-order valence-corrected chi connectivity index (χ0v) is 13.2. The van der Waals surface area contributed by atoms with Gasteiger partial charge in [0.05, 0.1) is 0 Å². The van der Waals surface area contributed by atoms with E-state index < -0.39 is 5.97 Å². The van der Waals surface area contributed by atoms with Crippen molar-refractivity contribution in [1.82, 2.24) is 0 Å². The number of nitrogen functional groups attached to an aromatic ring is 1. The highest BCUT2D eigenvalue weighted by atomic mass is 16.5. The summed E-state index contributed by atoms with van der Waals surface area (Å²) in [5, 5.41) is 7.25. The summed E-state index contributed by atoms with van der Waals surface area (Å²) in [7, 11) is 0. The van der Waals surface area contributed by atoms with E-state index in [9.17, 15) is 14.5 Å². The van der Waals surface area contributed by atoms with Crippen LogP contribution >= 0.6 is 0 Å². The number of nitroso groups, excluding NO2 is 1. The maximum absolute atomic E-state index is 11.5. The highest BCUT2D eigenvalue weighted by Crippen LogP contribution is 2.44. The van der Waals surface area contributed by atoms with Gasteiger partial charge in [0.25, 0.3) is 0 Å². The Morgan fingerprint density at radius 3 is 2.36 bits per heavy atom. The number of rotatable bonds is 3. The van der Waals surface area contributed by atoms with E-state index >= 15 is 0 Å². The van der Waals surface area contributed by atoms with Gasteiger partial charge in [-0.3, -0.25) is 9.59 Å². The van der Waals surface area contributed by atoms with Crippen molar-refractivity contribution in [1.29, 1.82) is 0 Å². The first kappa shape index (κ1) is 15.0. The number of carbonyl (C=O) groups is 2. The van der Waals surface area contributed by atoms with Gasteiger partial charge in [0.2, 0.25) is 0 Å². The number of nitrogens with two attached hydrogens (primary N) is 1. The summed E-state index contributed by atoms with van der Waals surface area (Å²) in [5.41, 5.74) is 7.11. The Morgan fingerprint density at radius 1 is 1.04 bits per heavy atom. The van der Waals surface area contributed by atoms with Crippen molar-refractivity contribution < 1.29 is 14.3 Å². The molecule has 0 saturated carbocycles. The van der Waals surface area contributed by atoms with Crippen LogP contribution in [0.3, 0.4) is 0 Å². The minimum Gasteiger partial charge on any atom is -0.426 e. The lowest BCUT2D eigenvalue weighted by atomic mass is 9.90. The molecule has 2 N–H and O–H groups in total. The first-order valence-corrected chi connectivity index (χ1v) is 7.56. The third-order valence-corrected chi connectivity index (χ3v) is 4.38. The van der Waals surface area contributed by atoms with Crippen LogP contribution < -0.4 is 10.5 Å². The van der Waals surface area contributed by atoms with Crippen molar-refractivity contribution in [2.75, 3.05) is 5.73 Å². The van der Waals surface area contributed by atoms with Crippen molar-refractivity contribution in [3.05, 3.63) is 46.9 Å². The first-order valence-electron chi connectivity index (χ1n) is 7.56. The molecule has 0 amide bonds. The fourth-order valence-corrected chi connectivity index (χ4v) is 3.41. The van der Waals surface area contributed by atoms with Crippen LogP contribution in [0.1, 0.15) is 17.3 Å². The molecule has 0 spiro atoms. The van der Waals surface area contributed by atoms with Crippen LogP contribution in [0, 0.1) is 4.91 Å². The fraction of sp³-hybridized carbons (Fsp3) is 0.0526. The highest BCUT2D eigenvalue weighted by molar-refractivity contribution is 6.30. The Morgan fingerprint density at radius 2 is 1.68 bits per heavy atom. The third kappa shape index (κ3) is 2.04. The van der Waals surface area contributed by atoms with Gasteiger partial charge in [-0.25, -0.2) is 0 Å². The summed E-state index contributed by atoms with van der Waals surface area (Å²) in [6.45, 7) is 1.30. The SMILES string of the molecule is CC(=O)Oc1cc(C=O)c2ccc3c(N)cc(N=O)c4ccc1c2c34. The molecule has 0 aromatic heterocycles. The molecule has 0 aliphatic heterocycles. The topological polar surface area (TPSA) is 98.8 Å². The highest BCUT2D eigenvalue weighted by Gasteiger charge is 2.18. The molecule has 25 heavy (non-hydrogen) atoms. The lowest BCUT2D eigenvalue weighted by molar-refractivity contribution is -0.131. The van der Waals surface area contributed by atoms with Crippen LogP contribution in [-0.4, -0.2) is 12.3 Å². The Kier molecular flexibility index (Phi) is 3.15. The number of anilines is 1. The normalized spacial score (nSPS) is 11.2. The van der Waals surface area contributed by atoms with Crippen LogP contribution in [-0.2, 0) is 4.79 Å². The van der Waals surface area contributed by atoms with E-state index in [-0.39, 0.29) is 5.69 Å². The van der Waals surface area contributed by atoms with Gasteiger partial charge in [-0.15, -0.1) is 4.91 Å². The van der Waals surface area contributed by atoms with E-state index in [0.717, 1.165) is 10.8 Å². The van der Waals surface area contributed by atoms with Gasteiger partial charge in [0.1, 0.15) is 11.4 Å². The number of benzene rings is 4. The molecule has 0 bridgehead atoms. The van der Waals surface area contributed by atoms with Crippen molar-refractivity contribution >= 4 is 55.9 Å². The molecule has 4 rings (SSSR count). The Labute approximate surface area is 141 Å². The zero-order valence-electron chi connectivity index (χ0n) is 13.2. The maximum atomic E-state index is 11.5. The second-order valence-electron chi connectivity index (χ2n) is 5.82. The Hall–Kier alpha value is -3.54. The molecular weight excluding hydrogens is 320 g/mol. The number of carbonyl (C=O) groups excluding carboxylic acids is 2. The lowest BCUT2D eigenvalue weighted by Gasteiger charge is -2.16. The molecule has 0 aliphatic carbocycles. The van der Waals surface area contributed by atoms with Gasteiger partial charge in [0, 0.05) is 45.1 Å². The summed E-state index contributed by atoms with van der Waals surface area (Å²) in [5.74, 6) is -0.193. The first-order chi connectivity index (χ1) is 12.0. The predicted octanol–water partition coefficient (Wildman–Crippen LogP) is 4.30. The van der Waals surface area contributed by atoms with Gasteiger partial charge >= 0.3 is 5.97 Å². The van der Waals surface area contributed by atoms with Crippen LogP contribution in [0.15, 0.2) is 41.6 Å². The van der Waals surface area contributed by atoms with Crippen molar-refractivity contribution in [3.8, 4) is 5.75 Å². The largest absolute Gasteiger partial charge is 0.426 e. The van der Waals surface area contributed by atoms with Gasteiger partial charge in [-0.2, -0.15) is 0 Å². The number of nitrogens with zero attached hydrogens (tertiary/aromatic N) is 1. The Balaban J connectivity index is 2.31. The molecule has 6 heteroatoms. The molecule has 122 valence electrons. The quantitative estimate of drug-likeness (QED) is 0.151. The van der Waals surface area contributed by atoms with E-state index in [1.54, 1.807) is 24.3 Å². The average molecular weight is 332 g/mol. The lowest BCUT2D eigenvalue weighted by Crippen LogP contribution is -2.03. The number of ether oxygens (including phenoxy) is 1. The number of esters is 1. The minimum absolute atomic E-state index is 0.227. The molecule has 0 radical (unpaired) electrons. The van der Waals surface area contributed by atoms with Crippen LogP contribution in [0.25, 0.3) is 32.3 Å². The molecular formula is C19H12N2O4. The van der Waals surface area contributed by atoms with E-state index in [4.69, 9.17) is 10.5 Å².